The Morgan fingerprint density at radius 3 is 1.51 bits per heavy atom. The molecule has 0 radical (unpaired) electrons. The second-order valence-corrected chi connectivity index (χ2v) is 17.9. The highest BCUT2D eigenvalue weighted by Gasteiger charge is 2.42. The van der Waals surface area contributed by atoms with Gasteiger partial charge in [0.15, 0.2) is 0 Å². The lowest BCUT2D eigenvalue weighted by molar-refractivity contribution is 0.652. The van der Waals surface area contributed by atoms with E-state index >= 15 is 0 Å². The van der Waals surface area contributed by atoms with Crippen molar-refractivity contribution in [2.45, 2.75) is 38.5 Å². The maximum Gasteiger partial charge on any atom is 0.0433 e. The third-order valence-electron chi connectivity index (χ3n) is 13.2. The zero-order valence-electron chi connectivity index (χ0n) is 31.4. The normalized spacial score (nSPS) is 14.8. The first-order valence-corrected chi connectivity index (χ1v) is 20.3. The summed E-state index contributed by atoms with van der Waals surface area (Å²) in [7, 11) is 0. The molecule has 12 rings (SSSR count). The smallest absolute Gasteiger partial charge is 0.0433 e. The molecule has 1 heterocycles. The summed E-state index contributed by atoms with van der Waals surface area (Å²) in [5.74, 6) is 0. The van der Waals surface area contributed by atoms with E-state index in [0.717, 1.165) is 0 Å². The van der Waals surface area contributed by atoms with Crippen LogP contribution in [0.25, 0.3) is 97.0 Å². The van der Waals surface area contributed by atoms with Gasteiger partial charge in [-0.15, -0.1) is 11.3 Å². The fourth-order valence-corrected chi connectivity index (χ4v) is 11.6. The number of rotatable bonds is 2. The molecule has 0 N–H and O–H groups in total. The lowest BCUT2D eigenvalue weighted by Gasteiger charge is -2.24. The SMILES string of the molecule is CC1(C)c2cc(-c3cccc(-c4cccc5c4sc4ccccc45)c3)ccc2-c2cc3c(cc21)-c1cc2c4ccccc4c4ccccc4c2cc1C3(C)C. The van der Waals surface area contributed by atoms with Crippen molar-refractivity contribution in [3.8, 4) is 44.5 Å². The zero-order chi connectivity index (χ0) is 36.8. The third-order valence-corrected chi connectivity index (χ3v) is 14.5. The number of hydrogen-bond acceptors (Lipinski definition) is 1. The molecule has 10 aromatic rings. The maximum absolute atomic E-state index is 2.55. The molecule has 0 fully saturated rings. The van der Waals surface area contributed by atoms with Gasteiger partial charge in [0.2, 0.25) is 0 Å². The summed E-state index contributed by atoms with van der Waals surface area (Å²) >= 11 is 1.90. The summed E-state index contributed by atoms with van der Waals surface area (Å²) in [5, 5.41) is 10.7. The molecule has 0 bridgehead atoms. The first-order valence-electron chi connectivity index (χ1n) is 19.5. The van der Waals surface area contributed by atoms with Crippen LogP contribution in [0.1, 0.15) is 49.9 Å². The molecule has 55 heavy (non-hydrogen) atoms. The summed E-state index contributed by atoms with van der Waals surface area (Å²) < 4.78 is 2.70. The molecular weight excluding hydrogens is 681 g/mol. The molecule has 0 amide bonds. The minimum atomic E-state index is -0.136. The first-order chi connectivity index (χ1) is 26.8. The molecule has 0 saturated heterocycles. The van der Waals surface area contributed by atoms with Crippen LogP contribution in [0.15, 0.2) is 158 Å². The van der Waals surface area contributed by atoms with Gasteiger partial charge in [0.05, 0.1) is 0 Å². The van der Waals surface area contributed by atoms with Crippen molar-refractivity contribution in [2.24, 2.45) is 0 Å². The molecule has 260 valence electrons. The average molecular weight is 719 g/mol. The first kappa shape index (κ1) is 31.3. The second kappa shape index (κ2) is 10.8. The van der Waals surface area contributed by atoms with E-state index in [0.29, 0.717) is 0 Å². The molecule has 0 unspecified atom stereocenters. The van der Waals surface area contributed by atoms with Crippen LogP contribution in [-0.4, -0.2) is 0 Å². The summed E-state index contributed by atoms with van der Waals surface area (Å²) in [6.07, 6.45) is 0. The molecule has 0 aliphatic heterocycles. The molecule has 1 heteroatoms. The lowest BCUT2D eigenvalue weighted by atomic mass is 9.79. The van der Waals surface area contributed by atoms with Gasteiger partial charge >= 0.3 is 0 Å². The van der Waals surface area contributed by atoms with E-state index in [1.165, 1.54) is 119 Å². The number of fused-ring (bicyclic) bond motifs is 15. The van der Waals surface area contributed by atoms with Gasteiger partial charge < -0.3 is 0 Å². The van der Waals surface area contributed by atoms with Crippen molar-refractivity contribution in [1.29, 1.82) is 0 Å². The summed E-state index contributed by atoms with van der Waals surface area (Å²) in [6, 6.07) is 59.9. The predicted molar refractivity (Wildman–Crippen MR) is 238 cm³/mol. The lowest BCUT2D eigenvalue weighted by Crippen LogP contribution is -2.17. The van der Waals surface area contributed by atoms with E-state index in [-0.39, 0.29) is 10.8 Å². The van der Waals surface area contributed by atoms with Crippen LogP contribution in [0.2, 0.25) is 0 Å². The van der Waals surface area contributed by atoms with Gasteiger partial charge in [0.1, 0.15) is 0 Å². The van der Waals surface area contributed by atoms with Gasteiger partial charge in [-0.1, -0.05) is 143 Å². The van der Waals surface area contributed by atoms with Crippen molar-refractivity contribution in [2.75, 3.05) is 0 Å². The highest BCUT2D eigenvalue weighted by atomic mass is 32.1. The molecule has 1 aromatic heterocycles. The summed E-state index contributed by atoms with van der Waals surface area (Å²) in [5.41, 5.74) is 16.1. The highest BCUT2D eigenvalue weighted by Crippen LogP contribution is 2.57. The standard InChI is InChI=1S/C54H38S/c1-53(2)47-26-32(31-13-11-14-33(25-31)34-20-12-21-41-40-19-9-10-22-51(40)55-52(34)41)23-24-39(47)45-29-50-46(30-49(45)53)44-27-42-37-17-7-5-15-35(37)36-16-6-8-18-38(36)43(42)28-48(44)54(50,3)4/h5-30H,1-4H3. The monoisotopic (exact) mass is 718 g/mol. The Labute approximate surface area is 325 Å². The average Bonchev–Trinajstić information content (AvgIpc) is 3.79. The van der Waals surface area contributed by atoms with Crippen molar-refractivity contribution in [3.05, 3.63) is 180 Å². The Kier molecular flexibility index (Phi) is 6.16. The second-order valence-electron chi connectivity index (χ2n) is 16.8. The summed E-state index contributed by atoms with van der Waals surface area (Å²) in [4.78, 5) is 0. The van der Waals surface area contributed by atoms with Crippen molar-refractivity contribution >= 4 is 63.8 Å². The van der Waals surface area contributed by atoms with E-state index < -0.39 is 0 Å². The van der Waals surface area contributed by atoms with Crippen molar-refractivity contribution in [3.63, 3.8) is 0 Å². The van der Waals surface area contributed by atoms with Crippen LogP contribution in [0.4, 0.5) is 0 Å². The number of benzene rings is 9. The van der Waals surface area contributed by atoms with Crippen LogP contribution < -0.4 is 0 Å². The van der Waals surface area contributed by atoms with Crippen LogP contribution >= 0.6 is 11.3 Å². The van der Waals surface area contributed by atoms with Gasteiger partial charge in [0.25, 0.3) is 0 Å². The number of hydrogen-bond donors (Lipinski definition) is 0. The van der Waals surface area contributed by atoms with Crippen LogP contribution in [-0.2, 0) is 10.8 Å². The quantitative estimate of drug-likeness (QED) is 0.156. The predicted octanol–water partition coefficient (Wildman–Crippen LogP) is 15.5. The highest BCUT2D eigenvalue weighted by molar-refractivity contribution is 7.26. The molecule has 2 aliphatic carbocycles. The van der Waals surface area contributed by atoms with Gasteiger partial charge in [0, 0.05) is 31.0 Å². The molecule has 9 aromatic carbocycles. The van der Waals surface area contributed by atoms with E-state index in [1.807, 2.05) is 11.3 Å². The molecular formula is C54H38S. The summed E-state index contributed by atoms with van der Waals surface area (Å²) in [6.45, 7) is 9.70. The Hall–Kier alpha value is -6.02. The van der Waals surface area contributed by atoms with Crippen LogP contribution in [0, 0.1) is 0 Å². The van der Waals surface area contributed by atoms with E-state index in [9.17, 15) is 0 Å². The van der Waals surface area contributed by atoms with Gasteiger partial charge in [-0.05, 0) is 142 Å². The Bertz CT molecular complexity index is 3310. The van der Waals surface area contributed by atoms with E-state index in [4.69, 9.17) is 0 Å². The Morgan fingerprint density at radius 2 is 0.800 bits per heavy atom. The van der Waals surface area contributed by atoms with Gasteiger partial charge in [-0.3, -0.25) is 0 Å². The minimum absolute atomic E-state index is 0.120. The Balaban J connectivity index is 0.990. The largest absolute Gasteiger partial charge is 0.135 e. The minimum Gasteiger partial charge on any atom is -0.135 e. The molecule has 0 spiro atoms. The number of thiophene rings is 1. The fraction of sp³-hybridized carbons (Fsp3) is 0.111. The fourth-order valence-electron chi connectivity index (χ4n) is 10.4. The van der Waals surface area contributed by atoms with Crippen LogP contribution in [0.5, 0.6) is 0 Å². The molecule has 2 aliphatic rings. The molecule has 0 nitrogen and oxygen atoms in total. The maximum atomic E-state index is 2.55. The topological polar surface area (TPSA) is 0 Å². The van der Waals surface area contributed by atoms with Crippen molar-refractivity contribution < 1.29 is 0 Å². The molecule has 0 saturated carbocycles. The molecule has 0 atom stereocenters. The van der Waals surface area contributed by atoms with Gasteiger partial charge in [-0.2, -0.15) is 0 Å². The van der Waals surface area contributed by atoms with Gasteiger partial charge in [-0.25, -0.2) is 0 Å². The van der Waals surface area contributed by atoms with E-state index in [2.05, 4.69) is 185 Å². The zero-order valence-corrected chi connectivity index (χ0v) is 32.2. The Morgan fingerprint density at radius 1 is 0.309 bits per heavy atom. The van der Waals surface area contributed by atoms with E-state index in [1.54, 1.807) is 0 Å². The third kappa shape index (κ3) is 4.17. The van der Waals surface area contributed by atoms with Crippen molar-refractivity contribution in [1.82, 2.24) is 0 Å². The van der Waals surface area contributed by atoms with Crippen LogP contribution in [0.3, 0.4) is 0 Å².